The smallest absolute Gasteiger partial charge is 0.233 e. The number of benzene rings is 1. The van der Waals surface area contributed by atoms with E-state index < -0.39 is 11.0 Å². The number of rotatable bonds is 3. The van der Waals surface area contributed by atoms with Gasteiger partial charge in [0.25, 0.3) is 0 Å². The summed E-state index contributed by atoms with van der Waals surface area (Å²) in [5.74, 6) is 0.603. The number of aliphatic hydroxyl groups is 1. The van der Waals surface area contributed by atoms with Gasteiger partial charge in [-0.05, 0) is 49.3 Å². The Morgan fingerprint density at radius 2 is 2.00 bits per heavy atom. The molecular weight excluding hydrogens is 286 g/mol. The van der Waals surface area contributed by atoms with Crippen molar-refractivity contribution >= 4 is 17.5 Å². The third-order valence-electron chi connectivity index (χ3n) is 5.55. The standard InChI is InChI=1S/C17H20ClNO2/c18-14-4-1-3-13(9-14)16(7-2-8-16)15(20)19-10-17(21,11-19)12-5-6-12/h1,3-4,9,12,21H,2,5-8,10-11H2. The Morgan fingerprint density at radius 1 is 1.29 bits per heavy atom. The Hall–Kier alpha value is -1.06. The van der Waals surface area contributed by atoms with Gasteiger partial charge in [-0.25, -0.2) is 0 Å². The highest BCUT2D eigenvalue weighted by Crippen LogP contribution is 2.49. The first kappa shape index (κ1) is 13.6. The maximum atomic E-state index is 12.9. The quantitative estimate of drug-likeness (QED) is 0.933. The van der Waals surface area contributed by atoms with E-state index in [4.69, 9.17) is 11.6 Å². The molecule has 4 heteroatoms. The lowest BCUT2D eigenvalue weighted by molar-refractivity contribution is -0.168. The first-order valence-corrected chi connectivity index (χ1v) is 8.19. The lowest BCUT2D eigenvalue weighted by Crippen LogP contribution is -2.68. The van der Waals surface area contributed by atoms with Gasteiger partial charge in [-0.3, -0.25) is 4.79 Å². The van der Waals surface area contributed by atoms with Crippen LogP contribution in [0.25, 0.3) is 0 Å². The minimum Gasteiger partial charge on any atom is -0.386 e. The highest BCUT2D eigenvalue weighted by Gasteiger charge is 2.57. The van der Waals surface area contributed by atoms with E-state index in [1.54, 1.807) is 0 Å². The fourth-order valence-corrected chi connectivity index (χ4v) is 4.07. The zero-order chi connectivity index (χ0) is 14.7. The number of likely N-dealkylation sites (tertiary alicyclic amines) is 1. The fraction of sp³-hybridized carbons (Fsp3) is 0.588. The van der Waals surface area contributed by atoms with Crippen LogP contribution in [0.15, 0.2) is 24.3 Å². The van der Waals surface area contributed by atoms with Crippen LogP contribution in [0.4, 0.5) is 0 Å². The maximum absolute atomic E-state index is 12.9. The number of carbonyl (C=O) groups is 1. The van der Waals surface area contributed by atoms with Crippen LogP contribution in [0.1, 0.15) is 37.7 Å². The molecule has 0 bridgehead atoms. The van der Waals surface area contributed by atoms with Crippen LogP contribution in [0.3, 0.4) is 0 Å². The van der Waals surface area contributed by atoms with Gasteiger partial charge in [0.1, 0.15) is 5.60 Å². The van der Waals surface area contributed by atoms with Crippen molar-refractivity contribution in [3.05, 3.63) is 34.9 Å². The van der Waals surface area contributed by atoms with Gasteiger partial charge in [-0.1, -0.05) is 30.2 Å². The lowest BCUT2D eigenvalue weighted by Gasteiger charge is -2.52. The number of hydrogen-bond acceptors (Lipinski definition) is 2. The molecule has 2 saturated carbocycles. The Bertz CT molecular complexity index is 586. The van der Waals surface area contributed by atoms with Gasteiger partial charge in [0.05, 0.1) is 18.5 Å². The van der Waals surface area contributed by atoms with Gasteiger partial charge in [0.2, 0.25) is 5.91 Å². The second-order valence-electron chi connectivity index (χ2n) is 6.99. The molecule has 2 aliphatic carbocycles. The summed E-state index contributed by atoms with van der Waals surface area (Å²) in [5, 5.41) is 11.1. The van der Waals surface area contributed by atoms with Crippen LogP contribution >= 0.6 is 11.6 Å². The average molecular weight is 306 g/mol. The second kappa shape index (κ2) is 4.47. The molecule has 4 rings (SSSR count). The number of halogens is 1. The van der Waals surface area contributed by atoms with Crippen LogP contribution in [0.5, 0.6) is 0 Å². The monoisotopic (exact) mass is 305 g/mol. The minimum absolute atomic E-state index is 0.182. The Labute approximate surface area is 129 Å². The normalized spacial score (nSPS) is 25.9. The molecule has 112 valence electrons. The molecule has 1 aromatic carbocycles. The van der Waals surface area contributed by atoms with E-state index in [0.29, 0.717) is 24.0 Å². The topological polar surface area (TPSA) is 40.5 Å². The molecule has 1 N–H and O–H groups in total. The summed E-state index contributed by atoms with van der Waals surface area (Å²) in [7, 11) is 0. The predicted molar refractivity (Wildman–Crippen MR) is 81.2 cm³/mol. The number of carbonyl (C=O) groups excluding carboxylic acids is 1. The average Bonchev–Trinajstić information content (AvgIpc) is 3.18. The van der Waals surface area contributed by atoms with Crippen LogP contribution < -0.4 is 0 Å². The summed E-state index contributed by atoms with van der Waals surface area (Å²) in [5.41, 5.74) is 0.0400. The van der Waals surface area contributed by atoms with Gasteiger partial charge in [-0.15, -0.1) is 0 Å². The van der Waals surface area contributed by atoms with Gasteiger partial charge in [0.15, 0.2) is 0 Å². The summed E-state index contributed by atoms with van der Waals surface area (Å²) in [6.45, 7) is 1.03. The fourth-order valence-electron chi connectivity index (χ4n) is 3.88. The molecule has 3 fully saturated rings. The van der Waals surface area contributed by atoms with Crippen LogP contribution in [-0.2, 0) is 10.2 Å². The largest absolute Gasteiger partial charge is 0.386 e. The maximum Gasteiger partial charge on any atom is 0.233 e. The Morgan fingerprint density at radius 3 is 2.52 bits per heavy atom. The predicted octanol–water partition coefficient (Wildman–Crippen LogP) is 2.75. The van der Waals surface area contributed by atoms with Gasteiger partial charge in [-0.2, -0.15) is 0 Å². The Kier molecular flexibility index (Phi) is 2.89. The summed E-state index contributed by atoms with van der Waals surface area (Å²) < 4.78 is 0. The van der Waals surface area contributed by atoms with E-state index in [1.807, 2.05) is 29.2 Å². The van der Waals surface area contributed by atoms with Gasteiger partial charge in [0, 0.05) is 5.02 Å². The number of hydrogen-bond donors (Lipinski definition) is 1. The first-order valence-electron chi connectivity index (χ1n) is 7.81. The number of β-amino-alcohol motifs (C(OH)–C–C–N with tert-alkyl or cyclic N) is 1. The minimum atomic E-state index is -0.602. The molecule has 3 aliphatic rings. The third kappa shape index (κ3) is 2.01. The Balaban J connectivity index is 1.55. The van der Waals surface area contributed by atoms with Gasteiger partial charge < -0.3 is 10.0 Å². The summed E-state index contributed by atoms with van der Waals surface area (Å²) in [6, 6.07) is 7.69. The molecular formula is C17H20ClNO2. The third-order valence-corrected chi connectivity index (χ3v) is 5.78. The molecule has 1 heterocycles. The SMILES string of the molecule is O=C(N1CC(O)(C2CC2)C1)C1(c2cccc(Cl)c2)CCC1. The highest BCUT2D eigenvalue weighted by molar-refractivity contribution is 6.30. The zero-order valence-corrected chi connectivity index (χ0v) is 12.8. The van der Waals surface area contributed by atoms with Crippen LogP contribution in [-0.4, -0.2) is 34.6 Å². The van der Waals surface area contributed by atoms with Crippen molar-refractivity contribution in [1.29, 1.82) is 0 Å². The molecule has 1 amide bonds. The highest BCUT2D eigenvalue weighted by atomic mass is 35.5. The van der Waals surface area contributed by atoms with E-state index in [9.17, 15) is 9.90 Å². The van der Waals surface area contributed by atoms with Crippen LogP contribution in [0, 0.1) is 5.92 Å². The number of amides is 1. The molecule has 1 aromatic rings. The summed E-state index contributed by atoms with van der Waals surface area (Å²) in [6.07, 6.45) is 5.09. The molecule has 1 aliphatic heterocycles. The zero-order valence-electron chi connectivity index (χ0n) is 12.0. The van der Waals surface area contributed by atoms with E-state index in [-0.39, 0.29) is 5.91 Å². The van der Waals surface area contributed by atoms with Crippen molar-refractivity contribution < 1.29 is 9.90 Å². The van der Waals surface area contributed by atoms with Gasteiger partial charge >= 0.3 is 0 Å². The van der Waals surface area contributed by atoms with Crippen molar-refractivity contribution in [2.24, 2.45) is 5.92 Å². The van der Waals surface area contributed by atoms with E-state index in [0.717, 1.165) is 37.7 Å². The molecule has 0 aromatic heterocycles. The summed E-state index contributed by atoms with van der Waals surface area (Å²) >= 11 is 6.09. The first-order chi connectivity index (χ1) is 10.0. The molecule has 3 nitrogen and oxygen atoms in total. The summed E-state index contributed by atoms with van der Waals surface area (Å²) in [4.78, 5) is 14.8. The van der Waals surface area contributed by atoms with Crippen LogP contribution in [0.2, 0.25) is 5.02 Å². The van der Waals surface area contributed by atoms with E-state index >= 15 is 0 Å². The molecule has 0 spiro atoms. The van der Waals surface area contributed by atoms with E-state index in [1.165, 1.54) is 0 Å². The molecule has 1 saturated heterocycles. The van der Waals surface area contributed by atoms with Crippen molar-refractivity contribution in [1.82, 2.24) is 4.90 Å². The number of nitrogens with zero attached hydrogens (tertiary/aromatic N) is 1. The van der Waals surface area contributed by atoms with Crippen molar-refractivity contribution in [2.45, 2.75) is 43.1 Å². The lowest BCUT2D eigenvalue weighted by atomic mass is 9.63. The van der Waals surface area contributed by atoms with Crippen molar-refractivity contribution in [2.75, 3.05) is 13.1 Å². The van der Waals surface area contributed by atoms with Crippen molar-refractivity contribution in [3.8, 4) is 0 Å². The second-order valence-corrected chi connectivity index (χ2v) is 7.42. The van der Waals surface area contributed by atoms with Crippen molar-refractivity contribution in [3.63, 3.8) is 0 Å². The van der Waals surface area contributed by atoms with E-state index in [2.05, 4.69) is 0 Å². The molecule has 21 heavy (non-hydrogen) atoms. The molecule has 0 radical (unpaired) electrons. The molecule has 0 unspecified atom stereocenters. The molecule has 0 atom stereocenters.